The Labute approximate surface area is 489 Å². The van der Waals surface area contributed by atoms with Crippen molar-refractivity contribution in [2.75, 3.05) is 13.2 Å². The summed E-state index contributed by atoms with van der Waals surface area (Å²) < 4.78 is 16.9. The lowest BCUT2D eigenvalue weighted by molar-refractivity contribution is -0.167. The molecule has 0 bridgehead atoms. The summed E-state index contributed by atoms with van der Waals surface area (Å²) in [6.07, 6.45) is 90.0. The number of hydrogen-bond acceptors (Lipinski definition) is 6. The van der Waals surface area contributed by atoms with Crippen molar-refractivity contribution >= 4 is 17.9 Å². The zero-order chi connectivity index (χ0) is 57.1. The van der Waals surface area contributed by atoms with Gasteiger partial charge in [-0.05, 0) is 116 Å². The minimum absolute atomic E-state index is 0.0957. The van der Waals surface area contributed by atoms with E-state index in [1.165, 1.54) is 199 Å². The van der Waals surface area contributed by atoms with Crippen LogP contribution >= 0.6 is 0 Å². The van der Waals surface area contributed by atoms with Crippen molar-refractivity contribution in [3.8, 4) is 0 Å². The number of ether oxygens (including phenoxy) is 3. The second kappa shape index (κ2) is 66.8. The molecule has 6 nitrogen and oxygen atoms in total. The molecule has 0 N–H and O–H groups in total. The van der Waals surface area contributed by atoms with Crippen molar-refractivity contribution in [1.82, 2.24) is 0 Å². The predicted molar refractivity (Wildman–Crippen MR) is 344 cm³/mol. The minimum Gasteiger partial charge on any atom is -0.462 e. The van der Waals surface area contributed by atoms with Crippen molar-refractivity contribution < 1.29 is 28.6 Å². The molecular weight excluding hydrogens is 973 g/mol. The van der Waals surface area contributed by atoms with E-state index in [1.807, 2.05) is 0 Å². The summed E-state index contributed by atoms with van der Waals surface area (Å²) in [5, 5.41) is 0. The lowest BCUT2D eigenvalue weighted by atomic mass is 10.0. The zero-order valence-corrected chi connectivity index (χ0v) is 52.1. The molecule has 0 aromatic heterocycles. The van der Waals surface area contributed by atoms with Gasteiger partial charge in [0.05, 0.1) is 0 Å². The molecular formula is C73H126O6. The van der Waals surface area contributed by atoms with E-state index in [9.17, 15) is 14.4 Å². The first-order valence-corrected chi connectivity index (χ1v) is 33.7. The van der Waals surface area contributed by atoms with Crippen molar-refractivity contribution in [3.63, 3.8) is 0 Å². The van der Waals surface area contributed by atoms with Crippen LogP contribution in [0.25, 0.3) is 0 Å². The maximum Gasteiger partial charge on any atom is 0.306 e. The van der Waals surface area contributed by atoms with Crippen LogP contribution in [0.15, 0.2) is 97.2 Å². The first-order valence-electron chi connectivity index (χ1n) is 33.7. The average Bonchev–Trinajstić information content (AvgIpc) is 3.45. The summed E-state index contributed by atoms with van der Waals surface area (Å²) in [6, 6.07) is 0. The standard InChI is InChI=1S/C73H126O6/c1-4-7-10-13-16-19-22-25-28-31-33-34-35-36-37-38-40-42-45-48-51-54-57-60-63-66-72(75)78-69-70(68-77-71(74)65-62-59-56-53-50-47-44-41-30-27-24-21-18-15-12-9-6-3)79-73(76)67-64-61-58-55-52-49-46-43-39-32-29-26-23-20-17-14-11-8-5-2/h9,12,17-18,20-21,26-27,29-31,33,44,47,53,56,70H,4-8,10-11,13-16,19,22-25,28,32,34-43,45-46,48-52,54-55,57-69H2,1-3H3/b12-9-,20-17-,21-18-,29-26-,30-27-,33-31-,47-44-,56-53-. The van der Waals surface area contributed by atoms with Gasteiger partial charge < -0.3 is 14.2 Å². The van der Waals surface area contributed by atoms with E-state index in [2.05, 4.69) is 118 Å². The van der Waals surface area contributed by atoms with E-state index in [0.717, 1.165) is 83.5 Å². The van der Waals surface area contributed by atoms with Crippen LogP contribution in [0.4, 0.5) is 0 Å². The van der Waals surface area contributed by atoms with Crippen LogP contribution in [-0.4, -0.2) is 37.2 Å². The molecule has 0 aromatic carbocycles. The fourth-order valence-corrected chi connectivity index (χ4v) is 9.51. The second-order valence-electron chi connectivity index (χ2n) is 22.3. The van der Waals surface area contributed by atoms with Crippen LogP contribution in [0.1, 0.15) is 329 Å². The van der Waals surface area contributed by atoms with Crippen molar-refractivity contribution in [3.05, 3.63) is 97.2 Å². The fourth-order valence-electron chi connectivity index (χ4n) is 9.51. The molecule has 0 amide bonds. The van der Waals surface area contributed by atoms with Crippen LogP contribution in [-0.2, 0) is 28.6 Å². The summed E-state index contributed by atoms with van der Waals surface area (Å²) in [6.45, 7) is 6.49. The van der Waals surface area contributed by atoms with Gasteiger partial charge in [0.25, 0.3) is 0 Å². The van der Waals surface area contributed by atoms with Gasteiger partial charge in [-0.15, -0.1) is 0 Å². The van der Waals surface area contributed by atoms with Gasteiger partial charge in [-0.25, -0.2) is 0 Å². The molecule has 0 aliphatic rings. The summed E-state index contributed by atoms with van der Waals surface area (Å²) in [5.74, 6) is -0.949. The zero-order valence-electron chi connectivity index (χ0n) is 52.1. The van der Waals surface area contributed by atoms with Gasteiger partial charge in [0.1, 0.15) is 13.2 Å². The van der Waals surface area contributed by atoms with Crippen LogP contribution in [0, 0.1) is 0 Å². The molecule has 0 fully saturated rings. The Morgan fingerprint density at radius 1 is 0.266 bits per heavy atom. The monoisotopic (exact) mass is 1100 g/mol. The van der Waals surface area contributed by atoms with Gasteiger partial charge in [-0.1, -0.05) is 291 Å². The molecule has 6 heteroatoms. The molecule has 454 valence electrons. The SMILES string of the molecule is CC/C=C\C/C=C\C/C=C\C/C=C\C/C=C\CCCC(=O)OCC(COC(=O)CCCCCCCCCCCCCCC/C=C\CCCCCCCCCC)OC(=O)CCCCCCCCCCC/C=C\C/C=C\CCCCC. The Bertz CT molecular complexity index is 1540. The van der Waals surface area contributed by atoms with Crippen molar-refractivity contribution in [1.29, 1.82) is 0 Å². The summed E-state index contributed by atoms with van der Waals surface area (Å²) in [4.78, 5) is 38.4. The molecule has 0 radical (unpaired) electrons. The molecule has 79 heavy (non-hydrogen) atoms. The van der Waals surface area contributed by atoms with Crippen LogP contribution in [0.2, 0.25) is 0 Å². The van der Waals surface area contributed by atoms with Gasteiger partial charge in [0.2, 0.25) is 0 Å². The van der Waals surface area contributed by atoms with Gasteiger partial charge in [0, 0.05) is 19.3 Å². The van der Waals surface area contributed by atoms with Crippen molar-refractivity contribution in [2.45, 2.75) is 335 Å². The quantitative estimate of drug-likeness (QED) is 0.0261. The molecule has 1 unspecified atom stereocenters. The van der Waals surface area contributed by atoms with Crippen LogP contribution in [0.3, 0.4) is 0 Å². The highest BCUT2D eigenvalue weighted by Gasteiger charge is 2.19. The third-order valence-corrected chi connectivity index (χ3v) is 14.5. The second-order valence-corrected chi connectivity index (χ2v) is 22.3. The minimum atomic E-state index is -0.805. The number of hydrogen-bond donors (Lipinski definition) is 0. The Kier molecular flexibility index (Phi) is 63.7. The maximum absolute atomic E-state index is 12.9. The van der Waals surface area contributed by atoms with E-state index in [-0.39, 0.29) is 37.5 Å². The third-order valence-electron chi connectivity index (χ3n) is 14.5. The fraction of sp³-hybridized carbons (Fsp3) is 0.740. The normalized spacial score (nSPS) is 12.7. The summed E-state index contributed by atoms with van der Waals surface area (Å²) in [7, 11) is 0. The Balaban J connectivity index is 4.39. The molecule has 0 rings (SSSR count). The van der Waals surface area contributed by atoms with Crippen molar-refractivity contribution in [2.24, 2.45) is 0 Å². The number of esters is 3. The number of allylic oxidation sites excluding steroid dienone is 16. The Hall–Kier alpha value is -3.67. The first-order chi connectivity index (χ1) is 39.0. The highest BCUT2D eigenvalue weighted by molar-refractivity contribution is 5.71. The lowest BCUT2D eigenvalue weighted by Crippen LogP contribution is -2.30. The topological polar surface area (TPSA) is 78.9 Å². The molecule has 0 heterocycles. The van der Waals surface area contributed by atoms with Gasteiger partial charge >= 0.3 is 17.9 Å². The number of carbonyl (C=O) groups excluding carboxylic acids is 3. The van der Waals surface area contributed by atoms with E-state index in [4.69, 9.17) is 14.2 Å². The number of unbranched alkanes of at least 4 members (excludes halogenated alkanes) is 34. The van der Waals surface area contributed by atoms with Gasteiger partial charge in [-0.2, -0.15) is 0 Å². The van der Waals surface area contributed by atoms with E-state index < -0.39 is 6.10 Å². The lowest BCUT2D eigenvalue weighted by Gasteiger charge is -2.18. The van der Waals surface area contributed by atoms with Gasteiger partial charge in [0.15, 0.2) is 6.10 Å². The maximum atomic E-state index is 12.9. The largest absolute Gasteiger partial charge is 0.462 e. The smallest absolute Gasteiger partial charge is 0.306 e. The molecule has 0 aliphatic heterocycles. The third kappa shape index (κ3) is 65.0. The van der Waals surface area contributed by atoms with Crippen LogP contribution in [0.5, 0.6) is 0 Å². The molecule has 1 atom stereocenters. The van der Waals surface area contributed by atoms with Gasteiger partial charge in [-0.3, -0.25) is 14.4 Å². The summed E-state index contributed by atoms with van der Waals surface area (Å²) >= 11 is 0. The predicted octanol–water partition coefficient (Wildman–Crippen LogP) is 23.2. The molecule has 0 saturated carbocycles. The van der Waals surface area contributed by atoms with E-state index in [0.29, 0.717) is 19.3 Å². The molecule has 0 spiro atoms. The van der Waals surface area contributed by atoms with E-state index >= 15 is 0 Å². The number of rotatable bonds is 61. The number of carbonyl (C=O) groups is 3. The first kappa shape index (κ1) is 75.3. The summed E-state index contributed by atoms with van der Waals surface area (Å²) in [5.41, 5.74) is 0. The van der Waals surface area contributed by atoms with Crippen LogP contribution < -0.4 is 0 Å². The highest BCUT2D eigenvalue weighted by atomic mass is 16.6. The average molecular weight is 1100 g/mol. The molecule has 0 aromatic rings. The highest BCUT2D eigenvalue weighted by Crippen LogP contribution is 2.17. The Morgan fingerprint density at radius 3 is 0.861 bits per heavy atom. The molecule has 0 aliphatic carbocycles. The molecule has 0 saturated heterocycles. The van der Waals surface area contributed by atoms with E-state index in [1.54, 1.807) is 0 Å². The Morgan fingerprint density at radius 2 is 0.506 bits per heavy atom.